The lowest BCUT2D eigenvalue weighted by atomic mass is 10.1. The lowest BCUT2D eigenvalue weighted by molar-refractivity contribution is 0.0599. The molecule has 0 radical (unpaired) electrons. The number of thioether (sulfide) groups is 1. The Morgan fingerprint density at radius 2 is 2.33 bits per heavy atom. The van der Waals surface area contributed by atoms with Crippen LogP contribution < -0.4 is 0 Å². The lowest BCUT2D eigenvalue weighted by Gasteiger charge is -2.07. The van der Waals surface area contributed by atoms with Crippen LogP contribution in [0.15, 0.2) is 18.3 Å². The van der Waals surface area contributed by atoms with Gasteiger partial charge in [0, 0.05) is 17.9 Å². The normalized spacial score (nSPS) is 18.0. The summed E-state index contributed by atoms with van der Waals surface area (Å²) < 4.78 is 6.44. The quantitative estimate of drug-likeness (QED) is 0.874. The van der Waals surface area contributed by atoms with Crippen molar-refractivity contribution in [1.82, 2.24) is 9.38 Å². The number of carbonyl (C=O) groups excluding carboxylic acids is 1. The van der Waals surface area contributed by atoms with Crippen molar-refractivity contribution in [3.8, 4) is 0 Å². The summed E-state index contributed by atoms with van der Waals surface area (Å²) in [6.07, 6.45) is 2.68. The van der Waals surface area contributed by atoms with Crippen LogP contribution >= 0.6 is 11.8 Å². The molecule has 0 aromatic carbocycles. The number of hydrogen-bond acceptors (Lipinski definition) is 5. The van der Waals surface area contributed by atoms with Crippen LogP contribution in [0.25, 0.3) is 5.52 Å². The Hall–Kier alpha value is -2.02. The first-order valence-electron chi connectivity index (χ1n) is 6.53. The van der Waals surface area contributed by atoms with Crippen LogP contribution in [0.3, 0.4) is 0 Å². The Kier molecular flexibility index (Phi) is 3.59. The molecule has 0 bridgehead atoms. The van der Waals surface area contributed by atoms with Gasteiger partial charge in [-0.2, -0.15) is 11.8 Å². The van der Waals surface area contributed by atoms with E-state index in [0.29, 0.717) is 11.1 Å². The lowest BCUT2D eigenvalue weighted by Crippen LogP contribution is -2.05. The van der Waals surface area contributed by atoms with Crippen molar-refractivity contribution in [3.05, 3.63) is 35.4 Å². The largest absolute Gasteiger partial charge is 0.476 e. The fourth-order valence-electron chi connectivity index (χ4n) is 2.54. The summed E-state index contributed by atoms with van der Waals surface area (Å²) in [6, 6.07) is 3.14. The van der Waals surface area contributed by atoms with Crippen LogP contribution in [0.5, 0.6) is 0 Å². The zero-order chi connectivity index (χ0) is 15.0. The monoisotopic (exact) mass is 306 g/mol. The number of carboxylic acid groups (broad SMARTS) is 1. The predicted octanol–water partition coefficient (Wildman–Crippen LogP) is 2.04. The van der Waals surface area contributed by atoms with Gasteiger partial charge in [-0.05, 0) is 24.3 Å². The second-order valence-corrected chi connectivity index (χ2v) is 6.00. The van der Waals surface area contributed by atoms with Gasteiger partial charge in [0.15, 0.2) is 5.69 Å². The van der Waals surface area contributed by atoms with Gasteiger partial charge < -0.3 is 14.2 Å². The molecule has 2 aromatic heterocycles. The summed E-state index contributed by atoms with van der Waals surface area (Å²) in [5, 5.41) is 9.33. The maximum Gasteiger partial charge on any atom is 0.356 e. The summed E-state index contributed by atoms with van der Waals surface area (Å²) in [6.45, 7) is 0. The number of nitrogens with zero attached hydrogens (tertiary/aromatic N) is 2. The Morgan fingerprint density at radius 3 is 2.95 bits per heavy atom. The van der Waals surface area contributed by atoms with Gasteiger partial charge in [0.1, 0.15) is 5.82 Å². The van der Waals surface area contributed by atoms with Crippen molar-refractivity contribution in [1.29, 1.82) is 0 Å². The van der Waals surface area contributed by atoms with Crippen LogP contribution in [0, 0.1) is 0 Å². The van der Waals surface area contributed by atoms with E-state index >= 15 is 0 Å². The molecule has 21 heavy (non-hydrogen) atoms. The van der Waals surface area contributed by atoms with Gasteiger partial charge in [-0.3, -0.25) is 0 Å². The summed E-state index contributed by atoms with van der Waals surface area (Å²) >= 11 is 1.84. The summed E-state index contributed by atoms with van der Waals surface area (Å²) in [7, 11) is 1.29. The predicted molar refractivity (Wildman–Crippen MR) is 78.2 cm³/mol. The van der Waals surface area contributed by atoms with Crippen LogP contribution in [0.4, 0.5) is 0 Å². The topological polar surface area (TPSA) is 80.9 Å². The second-order valence-electron chi connectivity index (χ2n) is 4.85. The van der Waals surface area contributed by atoms with Crippen LogP contribution in [-0.4, -0.2) is 45.0 Å². The van der Waals surface area contributed by atoms with Crippen LogP contribution in [0.1, 0.15) is 39.0 Å². The minimum absolute atomic E-state index is 0.0207. The second kappa shape index (κ2) is 5.40. The smallest absolute Gasteiger partial charge is 0.356 e. The van der Waals surface area contributed by atoms with E-state index < -0.39 is 11.9 Å². The van der Waals surface area contributed by atoms with Gasteiger partial charge in [0.05, 0.1) is 18.2 Å². The minimum Gasteiger partial charge on any atom is -0.476 e. The Bertz CT molecular complexity index is 719. The number of aromatic nitrogens is 2. The van der Waals surface area contributed by atoms with Crippen LogP contribution in [0.2, 0.25) is 0 Å². The molecule has 3 heterocycles. The number of imidazole rings is 1. The maximum atomic E-state index is 11.6. The van der Waals surface area contributed by atoms with Crippen molar-refractivity contribution in [3.63, 3.8) is 0 Å². The minimum atomic E-state index is -1.09. The van der Waals surface area contributed by atoms with Gasteiger partial charge in [-0.25, -0.2) is 14.6 Å². The molecule has 1 fully saturated rings. The third kappa shape index (κ3) is 2.37. The molecule has 3 rings (SSSR count). The highest BCUT2D eigenvalue weighted by atomic mass is 32.2. The summed E-state index contributed by atoms with van der Waals surface area (Å²) in [5.41, 5.74) is 0.727. The van der Waals surface area contributed by atoms with E-state index in [9.17, 15) is 14.7 Å². The number of pyridine rings is 1. The first-order valence-corrected chi connectivity index (χ1v) is 7.68. The van der Waals surface area contributed by atoms with E-state index in [4.69, 9.17) is 0 Å². The summed E-state index contributed by atoms with van der Waals surface area (Å²) in [4.78, 5) is 27.3. The highest BCUT2D eigenvalue weighted by Crippen LogP contribution is 2.33. The van der Waals surface area contributed by atoms with Crippen molar-refractivity contribution < 1.29 is 19.4 Å². The van der Waals surface area contributed by atoms with Crippen LogP contribution in [-0.2, 0) is 4.74 Å². The number of aromatic carboxylic acids is 1. The van der Waals surface area contributed by atoms with E-state index in [2.05, 4.69) is 9.72 Å². The fraction of sp³-hybridized carbons (Fsp3) is 0.357. The molecular formula is C14H14N2O4S. The maximum absolute atomic E-state index is 11.6. The van der Waals surface area contributed by atoms with Gasteiger partial charge in [-0.15, -0.1) is 0 Å². The Balaban J connectivity index is 2.18. The highest BCUT2D eigenvalue weighted by molar-refractivity contribution is 7.99. The van der Waals surface area contributed by atoms with E-state index in [1.807, 2.05) is 11.8 Å². The number of fused-ring (bicyclic) bond motifs is 1. The number of carbonyl (C=O) groups is 2. The van der Waals surface area contributed by atoms with Gasteiger partial charge in [0.25, 0.3) is 0 Å². The van der Waals surface area contributed by atoms with E-state index in [1.54, 1.807) is 16.7 Å². The van der Waals surface area contributed by atoms with Crippen molar-refractivity contribution >= 4 is 29.2 Å². The first kappa shape index (κ1) is 13.9. The van der Waals surface area contributed by atoms with Crippen molar-refractivity contribution in [2.24, 2.45) is 0 Å². The number of esters is 1. The molecule has 2 aromatic rings. The molecule has 6 nitrogen and oxygen atoms in total. The SMILES string of the molecule is COC(=O)c1ccn2c(C3CCSC3)nc(C(=O)O)c2c1. The summed E-state index contributed by atoms with van der Waals surface area (Å²) in [5.74, 6) is 1.42. The molecule has 1 unspecified atom stereocenters. The third-order valence-corrected chi connectivity index (χ3v) is 4.75. The number of methoxy groups -OCH3 is 1. The number of ether oxygens (including phenoxy) is 1. The van der Waals surface area contributed by atoms with Gasteiger partial charge in [0.2, 0.25) is 0 Å². The van der Waals surface area contributed by atoms with E-state index in [0.717, 1.165) is 23.8 Å². The molecule has 0 aliphatic carbocycles. The first-order chi connectivity index (χ1) is 10.1. The molecule has 1 aliphatic heterocycles. The number of carboxylic acids is 1. The van der Waals surface area contributed by atoms with E-state index in [-0.39, 0.29) is 11.6 Å². The van der Waals surface area contributed by atoms with Crippen molar-refractivity contribution in [2.75, 3.05) is 18.6 Å². The van der Waals surface area contributed by atoms with E-state index in [1.165, 1.54) is 13.2 Å². The molecule has 0 spiro atoms. The van der Waals surface area contributed by atoms with Gasteiger partial charge >= 0.3 is 11.9 Å². The average molecular weight is 306 g/mol. The molecule has 1 aliphatic rings. The standard InChI is InChI=1S/C14H14N2O4S/c1-20-14(19)8-2-4-16-10(6-8)11(13(17)18)15-12(16)9-3-5-21-7-9/h2,4,6,9H,3,5,7H2,1H3,(H,17,18). The molecule has 1 saturated heterocycles. The highest BCUT2D eigenvalue weighted by Gasteiger charge is 2.26. The zero-order valence-corrected chi connectivity index (χ0v) is 12.2. The molecule has 1 atom stereocenters. The van der Waals surface area contributed by atoms with Gasteiger partial charge in [-0.1, -0.05) is 0 Å². The number of rotatable bonds is 3. The number of hydrogen-bond donors (Lipinski definition) is 1. The molecular weight excluding hydrogens is 292 g/mol. The zero-order valence-electron chi connectivity index (χ0n) is 11.4. The Labute approximate surface area is 125 Å². The third-order valence-electron chi connectivity index (χ3n) is 3.59. The molecule has 1 N–H and O–H groups in total. The molecule has 0 amide bonds. The van der Waals surface area contributed by atoms with Crippen molar-refractivity contribution in [2.45, 2.75) is 12.3 Å². The molecule has 0 saturated carbocycles. The average Bonchev–Trinajstić information content (AvgIpc) is 3.12. The molecule has 110 valence electrons. The Morgan fingerprint density at radius 1 is 1.52 bits per heavy atom. The molecule has 7 heteroatoms. The fourth-order valence-corrected chi connectivity index (χ4v) is 3.75.